The van der Waals surface area contributed by atoms with Crippen LogP contribution in [0.4, 0.5) is 5.69 Å². The van der Waals surface area contributed by atoms with Crippen molar-refractivity contribution in [3.8, 4) is 0 Å². The zero-order valence-electron chi connectivity index (χ0n) is 17.4. The Morgan fingerprint density at radius 3 is 2.52 bits per heavy atom. The first-order valence-electron chi connectivity index (χ1n) is 10.2. The largest absolute Gasteiger partial charge is 0.383 e. The molecular weight excluding hydrogens is 396 g/mol. The Labute approximate surface area is 181 Å². The van der Waals surface area contributed by atoms with E-state index in [1.807, 2.05) is 30.3 Å². The van der Waals surface area contributed by atoms with Gasteiger partial charge in [-0.1, -0.05) is 36.4 Å². The summed E-state index contributed by atoms with van der Waals surface area (Å²) < 4.78 is 0. The van der Waals surface area contributed by atoms with Crippen molar-refractivity contribution in [1.29, 1.82) is 0 Å². The van der Waals surface area contributed by atoms with Crippen LogP contribution >= 0.6 is 0 Å². The fourth-order valence-corrected chi connectivity index (χ4v) is 3.62. The predicted octanol–water partition coefficient (Wildman–Crippen LogP) is 1.58. The predicted molar refractivity (Wildman–Crippen MR) is 117 cm³/mol. The van der Waals surface area contributed by atoms with Crippen LogP contribution in [0.25, 0.3) is 0 Å². The van der Waals surface area contributed by atoms with Crippen LogP contribution in [-0.2, 0) is 16.1 Å². The van der Waals surface area contributed by atoms with Gasteiger partial charge in [-0.05, 0) is 24.1 Å². The molecule has 8 heteroatoms. The Kier molecular flexibility index (Phi) is 7.50. The number of anilines is 1. The first kappa shape index (κ1) is 22.2. The molecule has 3 N–H and O–H groups in total. The van der Waals surface area contributed by atoms with E-state index in [0.29, 0.717) is 25.1 Å². The molecule has 162 valence electrons. The van der Waals surface area contributed by atoms with E-state index in [1.165, 1.54) is 12.6 Å². The van der Waals surface area contributed by atoms with E-state index in [4.69, 9.17) is 0 Å². The van der Waals surface area contributed by atoms with Gasteiger partial charge in [-0.15, -0.1) is 0 Å². The van der Waals surface area contributed by atoms with Crippen molar-refractivity contribution in [2.45, 2.75) is 25.4 Å². The number of hydrogen-bond donors (Lipinski definition) is 3. The highest BCUT2D eigenvalue weighted by Gasteiger charge is 2.43. The summed E-state index contributed by atoms with van der Waals surface area (Å²) in [4.78, 5) is 50.1. The summed E-state index contributed by atoms with van der Waals surface area (Å²) in [6.07, 6.45) is 0.827. The number of aldehydes is 1. The lowest BCUT2D eigenvalue weighted by atomic mass is 10.1. The van der Waals surface area contributed by atoms with Gasteiger partial charge >= 0.3 is 0 Å². The standard InChI is InChI=1S/C23H26N4O4/c1-24-21(29)19(11-6-14-28)27-22(30)17-9-5-10-18(20(17)23(27)31)26-13-12-25-15-16-7-3-2-4-8-16/h2-5,7-10,14,19,25-26H,6,11-13,15H2,1H3,(H,24,29). The molecule has 0 spiro atoms. The van der Waals surface area contributed by atoms with E-state index in [2.05, 4.69) is 16.0 Å². The van der Waals surface area contributed by atoms with Gasteiger partial charge in [0.15, 0.2) is 0 Å². The molecule has 0 bridgehead atoms. The van der Waals surface area contributed by atoms with Gasteiger partial charge in [0.1, 0.15) is 12.3 Å². The molecule has 1 atom stereocenters. The summed E-state index contributed by atoms with van der Waals surface area (Å²) in [6, 6.07) is 14.0. The maximum absolute atomic E-state index is 13.1. The SMILES string of the molecule is CNC(=O)C(CCC=O)N1C(=O)c2cccc(NCCNCc3ccccc3)c2C1=O. The number of nitrogens with zero attached hydrogens (tertiary/aromatic N) is 1. The van der Waals surface area contributed by atoms with Crippen molar-refractivity contribution < 1.29 is 19.2 Å². The van der Waals surface area contributed by atoms with Crippen molar-refractivity contribution in [2.24, 2.45) is 0 Å². The fraction of sp³-hybridized carbons (Fsp3) is 0.304. The van der Waals surface area contributed by atoms with Crippen LogP contribution in [0.1, 0.15) is 39.1 Å². The minimum absolute atomic E-state index is 0.0731. The summed E-state index contributed by atoms with van der Waals surface area (Å²) in [7, 11) is 1.43. The van der Waals surface area contributed by atoms with E-state index in [-0.39, 0.29) is 24.0 Å². The lowest BCUT2D eigenvalue weighted by molar-refractivity contribution is -0.124. The number of imide groups is 1. The molecular formula is C23H26N4O4. The van der Waals surface area contributed by atoms with Crippen molar-refractivity contribution >= 4 is 29.7 Å². The Hall–Kier alpha value is -3.52. The highest BCUT2D eigenvalue weighted by Crippen LogP contribution is 2.31. The van der Waals surface area contributed by atoms with E-state index >= 15 is 0 Å². The third-order valence-electron chi connectivity index (χ3n) is 5.15. The summed E-state index contributed by atoms with van der Waals surface area (Å²) in [5, 5.41) is 9.00. The van der Waals surface area contributed by atoms with E-state index in [0.717, 1.165) is 11.4 Å². The van der Waals surface area contributed by atoms with Crippen molar-refractivity contribution in [1.82, 2.24) is 15.5 Å². The number of likely N-dealkylation sites (N-methyl/N-ethyl adjacent to an activating group) is 1. The molecule has 8 nitrogen and oxygen atoms in total. The number of amides is 3. The Bertz CT molecular complexity index is 961. The average molecular weight is 422 g/mol. The second-order valence-corrected chi connectivity index (χ2v) is 7.17. The number of fused-ring (bicyclic) bond motifs is 1. The zero-order valence-corrected chi connectivity index (χ0v) is 17.4. The molecule has 0 aliphatic carbocycles. The van der Waals surface area contributed by atoms with Gasteiger partial charge in [0, 0.05) is 38.8 Å². The van der Waals surface area contributed by atoms with Crippen LogP contribution in [0, 0.1) is 0 Å². The maximum atomic E-state index is 13.1. The number of carbonyl (C=O) groups excluding carboxylic acids is 4. The summed E-state index contributed by atoms with van der Waals surface area (Å²) in [5.41, 5.74) is 2.24. The number of benzene rings is 2. The minimum atomic E-state index is -1.03. The van der Waals surface area contributed by atoms with E-state index in [9.17, 15) is 19.2 Å². The molecule has 1 heterocycles. The quantitative estimate of drug-likeness (QED) is 0.288. The topological polar surface area (TPSA) is 108 Å². The first-order valence-corrected chi connectivity index (χ1v) is 10.2. The molecule has 1 aliphatic heterocycles. The lowest BCUT2D eigenvalue weighted by Crippen LogP contribution is -2.48. The molecule has 0 fully saturated rings. The number of carbonyl (C=O) groups is 4. The molecule has 0 saturated carbocycles. The average Bonchev–Trinajstić information content (AvgIpc) is 3.05. The first-order chi connectivity index (χ1) is 15.1. The Morgan fingerprint density at radius 1 is 1.03 bits per heavy atom. The van der Waals surface area contributed by atoms with Gasteiger partial charge in [-0.2, -0.15) is 0 Å². The molecule has 1 unspecified atom stereocenters. The number of rotatable bonds is 11. The van der Waals surface area contributed by atoms with Crippen LogP contribution in [0.5, 0.6) is 0 Å². The van der Waals surface area contributed by atoms with Gasteiger partial charge in [0.25, 0.3) is 11.8 Å². The molecule has 2 aromatic rings. The lowest BCUT2D eigenvalue weighted by Gasteiger charge is -2.24. The molecule has 0 aromatic heterocycles. The molecule has 2 aromatic carbocycles. The van der Waals surface area contributed by atoms with Crippen LogP contribution in [0.2, 0.25) is 0 Å². The molecule has 31 heavy (non-hydrogen) atoms. The van der Waals surface area contributed by atoms with Crippen molar-refractivity contribution in [2.75, 3.05) is 25.5 Å². The van der Waals surface area contributed by atoms with Crippen LogP contribution in [-0.4, -0.2) is 55.1 Å². The van der Waals surface area contributed by atoms with E-state index < -0.39 is 23.8 Å². The van der Waals surface area contributed by atoms with Gasteiger partial charge in [-0.3, -0.25) is 19.3 Å². The van der Waals surface area contributed by atoms with Crippen LogP contribution in [0.15, 0.2) is 48.5 Å². The second kappa shape index (κ2) is 10.5. The summed E-state index contributed by atoms with van der Waals surface area (Å²) in [5.74, 6) is -1.53. The third kappa shape index (κ3) is 4.97. The minimum Gasteiger partial charge on any atom is -0.383 e. The van der Waals surface area contributed by atoms with Crippen molar-refractivity contribution in [3.05, 3.63) is 65.2 Å². The smallest absolute Gasteiger partial charge is 0.264 e. The summed E-state index contributed by atoms with van der Waals surface area (Å²) >= 11 is 0. The number of nitrogens with one attached hydrogen (secondary N) is 3. The maximum Gasteiger partial charge on any atom is 0.264 e. The van der Waals surface area contributed by atoms with E-state index in [1.54, 1.807) is 18.2 Å². The normalized spacial score (nSPS) is 13.6. The molecule has 3 amide bonds. The Morgan fingerprint density at radius 2 is 1.81 bits per heavy atom. The van der Waals surface area contributed by atoms with Gasteiger partial charge < -0.3 is 20.7 Å². The fourth-order valence-electron chi connectivity index (χ4n) is 3.62. The summed E-state index contributed by atoms with van der Waals surface area (Å²) in [6.45, 7) is 1.94. The molecule has 0 saturated heterocycles. The highest BCUT2D eigenvalue weighted by atomic mass is 16.2. The van der Waals surface area contributed by atoms with Gasteiger partial charge in [0.2, 0.25) is 5.91 Å². The highest BCUT2D eigenvalue weighted by molar-refractivity contribution is 6.25. The van der Waals surface area contributed by atoms with Crippen LogP contribution < -0.4 is 16.0 Å². The third-order valence-corrected chi connectivity index (χ3v) is 5.15. The van der Waals surface area contributed by atoms with Gasteiger partial charge in [-0.25, -0.2) is 0 Å². The number of hydrogen-bond acceptors (Lipinski definition) is 6. The molecule has 3 rings (SSSR count). The molecule has 0 radical (unpaired) electrons. The van der Waals surface area contributed by atoms with Crippen molar-refractivity contribution in [3.63, 3.8) is 0 Å². The molecule has 1 aliphatic rings. The monoisotopic (exact) mass is 422 g/mol. The second-order valence-electron chi connectivity index (χ2n) is 7.17. The zero-order chi connectivity index (χ0) is 22.2. The van der Waals surface area contributed by atoms with Gasteiger partial charge in [0.05, 0.1) is 11.1 Å². The van der Waals surface area contributed by atoms with Crippen LogP contribution in [0.3, 0.4) is 0 Å². The Balaban J connectivity index is 1.68.